The molecule has 0 aromatic rings. The average Bonchev–Trinajstić information content (AvgIpc) is 2.86. The van der Waals surface area contributed by atoms with Gasteiger partial charge >= 0.3 is 0 Å². The third-order valence-electron chi connectivity index (χ3n) is 3.66. The Morgan fingerprint density at radius 3 is 1.44 bits per heavy atom. The van der Waals surface area contributed by atoms with Gasteiger partial charge in [-0.1, -0.05) is 0 Å². The Labute approximate surface area is 96.6 Å². The van der Waals surface area contributed by atoms with Gasteiger partial charge in [0, 0.05) is 0 Å². The van der Waals surface area contributed by atoms with Crippen LogP contribution in [0.4, 0.5) is 0 Å². The van der Waals surface area contributed by atoms with Crippen molar-refractivity contribution in [3.8, 4) is 0 Å². The van der Waals surface area contributed by atoms with E-state index >= 15 is 0 Å². The van der Waals surface area contributed by atoms with Gasteiger partial charge in [-0.3, -0.25) is 0 Å². The van der Waals surface area contributed by atoms with E-state index < -0.39 is 12.2 Å². The SMILES string of the molecule is C[C@@H](O)[C@H]1CC[C@H]([C@H]2CC[C@H]([C@@H](C)O)O2)O1. The van der Waals surface area contributed by atoms with Gasteiger partial charge in [-0.25, -0.2) is 0 Å². The lowest BCUT2D eigenvalue weighted by molar-refractivity contribution is -0.104. The number of hydrogen-bond donors (Lipinski definition) is 2. The molecule has 2 aliphatic rings. The lowest BCUT2D eigenvalue weighted by atomic mass is 10.1. The first-order valence-electron chi connectivity index (χ1n) is 6.25. The molecular weight excluding hydrogens is 208 g/mol. The summed E-state index contributed by atoms with van der Waals surface area (Å²) in [5, 5.41) is 18.9. The van der Waals surface area contributed by atoms with E-state index in [9.17, 15) is 10.2 Å². The van der Waals surface area contributed by atoms with Crippen molar-refractivity contribution in [3.05, 3.63) is 0 Å². The summed E-state index contributed by atoms with van der Waals surface area (Å²) in [6.45, 7) is 3.53. The van der Waals surface area contributed by atoms with Crippen LogP contribution in [0.25, 0.3) is 0 Å². The number of ether oxygens (including phenoxy) is 2. The number of aliphatic hydroxyl groups excluding tert-OH is 2. The second-order valence-electron chi connectivity index (χ2n) is 5.06. The summed E-state index contributed by atoms with van der Waals surface area (Å²) in [6.07, 6.45) is 3.02. The summed E-state index contributed by atoms with van der Waals surface area (Å²) >= 11 is 0. The van der Waals surface area contributed by atoms with Gasteiger partial charge in [0.1, 0.15) is 0 Å². The molecule has 0 radical (unpaired) electrons. The zero-order valence-electron chi connectivity index (χ0n) is 10.0. The highest BCUT2D eigenvalue weighted by molar-refractivity contribution is 4.87. The van der Waals surface area contributed by atoms with Crippen molar-refractivity contribution in [2.75, 3.05) is 0 Å². The van der Waals surface area contributed by atoms with Gasteiger partial charge < -0.3 is 19.7 Å². The molecule has 2 N–H and O–H groups in total. The van der Waals surface area contributed by atoms with Crippen molar-refractivity contribution in [1.29, 1.82) is 0 Å². The van der Waals surface area contributed by atoms with Gasteiger partial charge in [-0.15, -0.1) is 0 Å². The fourth-order valence-corrected chi connectivity index (χ4v) is 2.64. The van der Waals surface area contributed by atoms with Crippen LogP contribution in [0.3, 0.4) is 0 Å². The molecule has 0 spiro atoms. The second kappa shape index (κ2) is 5.00. The molecule has 94 valence electrons. The lowest BCUT2D eigenvalue weighted by Gasteiger charge is -2.22. The Balaban J connectivity index is 1.82. The summed E-state index contributed by atoms with van der Waals surface area (Å²) < 4.78 is 11.6. The minimum Gasteiger partial charge on any atom is -0.391 e. The van der Waals surface area contributed by atoms with E-state index in [-0.39, 0.29) is 24.4 Å². The number of hydrogen-bond acceptors (Lipinski definition) is 4. The van der Waals surface area contributed by atoms with Gasteiger partial charge in [0.05, 0.1) is 36.6 Å². The monoisotopic (exact) mass is 230 g/mol. The fraction of sp³-hybridized carbons (Fsp3) is 1.00. The Kier molecular flexibility index (Phi) is 3.85. The maximum absolute atomic E-state index is 9.45. The number of aliphatic hydroxyl groups is 2. The molecule has 2 saturated heterocycles. The first-order chi connectivity index (χ1) is 7.58. The highest BCUT2D eigenvalue weighted by atomic mass is 16.6. The first kappa shape index (κ1) is 12.3. The van der Waals surface area contributed by atoms with Gasteiger partial charge in [-0.2, -0.15) is 0 Å². The van der Waals surface area contributed by atoms with Crippen LogP contribution in [0.1, 0.15) is 39.5 Å². The van der Waals surface area contributed by atoms with Crippen LogP contribution in [-0.4, -0.2) is 46.8 Å². The van der Waals surface area contributed by atoms with Crippen molar-refractivity contribution in [3.63, 3.8) is 0 Å². The molecule has 2 fully saturated rings. The molecule has 2 heterocycles. The molecule has 2 rings (SSSR count). The molecule has 2 aliphatic heterocycles. The Bertz CT molecular complexity index is 205. The first-order valence-corrected chi connectivity index (χ1v) is 6.25. The van der Waals surface area contributed by atoms with Crippen LogP contribution in [-0.2, 0) is 9.47 Å². The Morgan fingerprint density at radius 2 is 1.19 bits per heavy atom. The standard InChI is InChI=1S/C12H22O4/c1-7(13)9-3-5-11(15-9)12-6-4-10(16-12)8(2)14/h7-14H,3-6H2,1-2H3/t7-,8-,9-,10-,11-,12-/m1/s1. The normalized spacial score (nSPS) is 43.5. The van der Waals surface area contributed by atoms with Crippen LogP contribution in [0.2, 0.25) is 0 Å². The van der Waals surface area contributed by atoms with Crippen LogP contribution >= 0.6 is 0 Å². The van der Waals surface area contributed by atoms with Crippen LogP contribution in [0.15, 0.2) is 0 Å². The highest BCUT2D eigenvalue weighted by Gasteiger charge is 2.39. The van der Waals surface area contributed by atoms with Gasteiger partial charge in [0.2, 0.25) is 0 Å². The van der Waals surface area contributed by atoms with Crippen LogP contribution < -0.4 is 0 Å². The fourth-order valence-electron chi connectivity index (χ4n) is 2.64. The van der Waals surface area contributed by atoms with E-state index in [1.54, 1.807) is 13.8 Å². The predicted octanol–water partition coefficient (Wildman–Crippen LogP) is 0.843. The highest BCUT2D eigenvalue weighted by Crippen LogP contribution is 2.33. The summed E-state index contributed by atoms with van der Waals surface area (Å²) in [4.78, 5) is 0. The zero-order valence-corrected chi connectivity index (χ0v) is 10.0. The maximum atomic E-state index is 9.45. The summed E-state index contributed by atoms with van der Waals surface area (Å²) in [5.41, 5.74) is 0. The molecule has 0 saturated carbocycles. The molecule has 4 nitrogen and oxygen atoms in total. The van der Waals surface area contributed by atoms with Crippen molar-refractivity contribution in [2.24, 2.45) is 0 Å². The van der Waals surface area contributed by atoms with Crippen molar-refractivity contribution in [2.45, 2.75) is 76.2 Å². The van der Waals surface area contributed by atoms with E-state index in [1.165, 1.54) is 0 Å². The lowest BCUT2D eigenvalue weighted by Crippen LogP contribution is -2.31. The average molecular weight is 230 g/mol. The van der Waals surface area contributed by atoms with Crippen LogP contribution in [0, 0.1) is 0 Å². The minimum atomic E-state index is -0.404. The van der Waals surface area contributed by atoms with Crippen molar-refractivity contribution < 1.29 is 19.7 Å². The molecule has 0 aliphatic carbocycles. The molecule has 16 heavy (non-hydrogen) atoms. The summed E-state index contributed by atoms with van der Waals surface area (Å²) in [7, 11) is 0. The largest absolute Gasteiger partial charge is 0.391 e. The smallest absolute Gasteiger partial charge is 0.0842 e. The quantitative estimate of drug-likeness (QED) is 0.754. The molecule has 0 bridgehead atoms. The van der Waals surface area contributed by atoms with Crippen molar-refractivity contribution >= 4 is 0 Å². The van der Waals surface area contributed by atoms with E-state index in [2.05, 4.69) is 0 Å². The molecule has 4 heteroatoms. The summed E-state index contributed by atoms with van der Waals surface area (Å²) in [6, 6.07) is 0. The van der Waals surface area contributed by atoms with Gasteiger partial charge in [0.25, 0.3) is 0 Å². The molecule has 0 aromatic heterocycles. The minimum absolute atomic E-state index is 0.0424. The topological polar surface area (TPSA) is 58.9 Å². The molecule has 0 unspecified atom stereocenters. The van der Waals surface area contributed by atoms with Gasteiger partial charge in [-0.05, 0) is 39.5 Å². The molecule has 6 atom stereocenters. The third kappa shape index (κ3) is 2.56. The predicted molar refractivity (Wildman–Crippen MR) is 59.2 cm³/mol. The molecule has 0 amide bonds. The Morgan fingerprint density at radius 1 is 0.812 bits per heavy atom. The molecular formula is C12H22O4. The maximum Gasteiger partial charge on any atom is 0.0842 e. The number of rotatable bonds is 3. The summed E-state index contributed by atoms with van der Waals surface area (Å²) in [5.74, 6) is 0. The van der Waals surface area contributed by atoms with E-state index in [0.717, 1.165) is 25.7 Å². The van der Waals surface area contributed by atoms with Gasteiger partial charge in [0.15, 0.2) is 0 Å². The third-order valence-corrected chi connectivity index (χ3v) is 3.66. The van der Waals surface area contributed by atoms with E-state index in [4.69, 9.17) is 9.47 Å². The van der Waals surface area contributed by atoms with Crippen LogP contribution in [0.5, 0.6) is 0 Å². The molecule has 0 aromatic carbocycles. The van der Waals surface area contributed by atoms with Crippen molar-refractivity contribution in [1.82, 2.24) is 0 Å². The van der Waals surface area contributed by atoms with E-state index in [1.807, 2.05) is 0 Å². The second-order valence-corrected chi connectivity index (χ2v) is 5.06. The van der Waals surface area contributed by atoms with E-state index in [0.29, 0.717) is 0 Å². The Hall–Kier alpha value is -0.160. The zero-order chi connectivity index (χ0) is 11.7.